The van der Waals surface area contributed by atoms with E-state index in [0.29, 0.717) is 22.7 Å². The molecule has 0 saturated heterocycles. The number of ether oxygens (including phenoxy) is 2. The molecule has 27 heavy (non-hydrogen) atoms. The number of aryl methyl sites for hydroxylation is 1. The molecule has 0 saturated carbocycles. The van der Waals surface area contributed by atoms with Gasteiger partial charge in [0.25, 0.3) is 5.88 Å². The number of carbonyl (C=O) groups excluding carboxylic acids is 1. The molecular formula is C17H17FN4O5. The van der Waals surface area contributed by atoms with Crippen LogP contribution in [0.3, 0.4) is 0 Å². The first kappa shape index (κ1) is 18.4. The third-order valence-corrected chi connectivity index (χ3v) is 3.39. The number of nitrogens with one attached hydrogen (secondary N) is 1. The third-order valence-electron chi connectivity index (χ3n) is 3.39. The largest absolute Gasteiger partial charge is 0.470 e. The van der Waals surface area contributed by atoms with Gasteiger partial charge in [0.1, 0.15) is 23.9 Å². The molecule has 10 heteroatoms. The second-order valence-corrected chi connectivity index (χ2v) is 5.89. The molecule has 1 amide bonds. The van der Waals surface area contributed by atoms with Crippen LogP contribution < -0.4 is 14.8 Å². The van der Waals surface area contributed by atoms with Crippen molar-refractivity contribution in [1.82, 2.24) is 20.6 Å². The summed E-state index contributed by atoms with van der Waals surface area (Å²) in [7, 11) is 0. The Morgan fingerprint density at radius 1 is 1.30 bits per heavy atom. The summed E-state index contributed by atoms with van der Waals surface area (Å²) in [6.07, 6.45) is 0.431. The number of nitrogens with zero attached hydrogens (tertiary/aromatic N) is 3. The molecule has 1 N–H and O–H groups in total. The lowest BCUT2D eigenvalue weighted by Gasteiger charge is -2.05. The average molecular weight is 376 g/mol. The summed E-state index contributed by atoms with van der Waals surface area (Å²) in [5.74, 6) is 0.0763. The van der Waals surface area contributed by atoms with Gasteiger partial charge in [0.05, 0.1) is 23.5 Å². The summed E-state index contributed by atoms with van der Waals surface area (Å²) in [6, 6.07) is 4.02. The van der Waals surface area contributed by atoms with Crippen LogP contribution >= 0.6 is 0 Å². The molecule has 0 unspecified atom stereocenters. The lowest BCUT2D eigenvalue weighted by Crippen LogP contribution is -2.32. The minimum Gasteiger partial charge on any atom is -0.470 e. The molecule has 0 spiro atoms. The quantitative estimate of drug-likeness (QED) is 0.698. The zero-order valence-corrected chi connectivity index (χ0v) is 14.9. The van der Waals surface area contributed by atoms with E-state index in [-0.39, 0.29) is 24.5 Å². The number of hydrogen-bond donors (Lipinski definition) is 1. The zero-order valence-electron chi connectivity index (χ0n) is 14.9. The van der Waals surface area contributed by atoms with Crippen LogP contribution in [-0.2, 0) is 6.61 Å². The van der Waals surface area contributed by atoms with Crippen molar-refractivity contribution >= 4 is 6.09 Å². The minimum absolute atomic E-state index is 0.0495. The van der Waals surface area contributed by atoms with Crippen molar-refractivity contribution < 1.29 is 27.7 Å². The maximum absolute atomic E-state index is 13.1. The fourth-order valence-electron chi connectivity index (χ4n) is 2.14. The molecule has 0 radical (unpaired) electrons. The highest BCUT2D eigenvalue weighted by Gasteiger charge is 2.18. The molecule has 3 aromatic heterocycles. The normalized spacial score (nSPS) is 10.9. The van der Waals surface area contributed by atoms with Crippen molar-refractivity contribution in [3.05, 3.63) is 41.5 Å². The number of amides is 1. The standard InChI is InChI=1S/C17H17FN4O5/c1-9(2)20-17(23)25-15-6-14(21-27-15)24-8-12-10(3)26-22-16(12)13-5-4-11(18)7-19-13/h4-7,9H,8H2,1-3H3,(H,20,23). The lowest BCUT2D eigenvalue weighted by molar-refractivity contribution is 0.176. The fourth-order valence-corrected chi connectivity index (χ4v) is 2.14. The number of hydrogen-bond acceptors (Lipinski definition) is 8. The molecule has 3 rings (SSSR count). The number of aromatic nitrogens is 3. The SMILES string of the molecule is Cc1onc(-c2ccc(F)cn2)c1COc1cc(OC(=O)NC(C)C)on1. The van der Waals surface area contributed by atoms with Gasteiger partial charge in [0.15, 0.2) is 0 Å². The summed E-state index contributed by atoms with van der Waals surface area (Å²) in [4.78, 5) is 15.5. The van der Waals surface area contributed by atoms with Crippen LogP contribution in [0, 0.1) is 12.7 Å². The first-order valence-corrected chi connectivity index (χ1v) is 8.07. The van der Waals surface area contributed by atoms with Crippen LogP contribution in [0.5, 0.6) is 11.8 Å². The van der Waals surface area contributed by atoms with Crippen molar-refractivity contribution in [2.75, 3.05) is 0 Å². The van der Waals surface area contributed by atoms with E-state index in [0.717, 1.165) is 6.20 Å². The molecule has 0 bridgehead atoms. The second kappa shape index (κ2) is 7.85. The van der Waals surface area contributed by atoms with Gasteiger partial charge in [-0.25, -0.2) is 9.18 Å². The lowest BCUT2D eigenvalue weighted by atomic mass is 10.1. The maximum Gasteiger partial charge on any atom is 0.415 e. The Morgan fingerprint density at radius 3 is 2.81 bits per heavy atom. The van der Waals surface area contributed by atoms with Gasteiger partial charge in [-0.3, -0.25) is 4.98 Å². The van der Waals surface area contributed by atoms with E-state index >= 15 is 0 Å². The minimum atomic E-state index is -0.660. The smallest absolute Gasteiger partial charge is 0.415 e. The third kappa shape index (κ3) is 4.60. The van der Waals surface area contributed by atoms with Crippen LogP contribution in [0.25, 0.3) is 11.4 Å². The Morgan fingerprint density at radius 2 is 2.11 bits per heavy atom. The van der Waals surface area contributed by atoms with E-state index in [1.165, 1.54) is 18.2 Å². The van der Waals surface area contributed by atoms with Crippen molar-refractivity contribution in [3.63, 3.8) is 0 Å². The van der Waals surface area contributed by atoms with Crippen LogP contribution in [-0.4, -0.2) is 27.4 Å². The van der Waals surface area contributed by atoms with E-state index in [2.05, 4.69) is 20.6 Å². The Kier molecular flexibility index (Phi) is 5.34. The Bertz CT molecular complexity index is 920. The number of rotatable bonds is 6. The monoisotopic (exact) mass is 376 g/mol. The predicted molar refractivity (Wildman–Crippen MR) is 89.6 cm³/mol. The van der Waals surface area contributed by atoms with Gasteiger partial charge in [-0.15, -0.1) is 0 Å². The van der Waals surface area contributed by atoms with Crippen molar-refractivity contribution in [1.29, 1.82) is 0 Å². The van der Waals surface area contributed by atoms with Crippen molar-refractivity contribution in [3.8, 4) is 23.2 Å². The molecule has 0 atom stereocenters. The molecule has 0 aliphatic heterocycles. The first-order valence-electron chi connectivity index (χ1n) is 8.07. The molecule has 0 aromatic carbocycles. The molecule has 0 fully saturated rings. The number of carbonyl (C=O) groups is 1. The van der Waals surface area contributed by atoms with Gasteiger partial charge in [0.2, 0.25) is 0 Å². The van der Waals surface area contributed by atoms with Gasteiger partial charge in [0, 0.05) is 6.04 Å². The molecule has 0 aliphatic carbocycles. The molecule has 3 aromatic rings. The Hall–Kier alpha value is -3.43. The summed E-state index contributed by atoms with van der Waals surface area (Å²) in [5, 5.41) is 10.2. The van der Waals surface area contributed by atoms with Gasteiger partial charge in [-0.2, -0.15) is 0 Å². The van der Waals surface area contributed by atoms with Crippen LogP contribution in [0.15, 0.2) is 33.4 Å². The zero-order chi connectivity index (χ0) is 19.4. The highest BCUT2D eigenvalue weighted by atomic mass is 19.1. The van der Waals surface area contributed by atoms with Crippen molar-refractivity contribution in [2.45, 2.75) is 33.4 Å². The summed E-state index contributed by atoms with van der Waals surface area (Å²) < 4.78 is 33.6. The molecule has 9 nitrogen and oxygen atoms in total. The number of pyridine rings is 1. The Labute approximate surface area is 153 Å². The van der Waals surface area contributed by atoms with Crippen LogP contribution in [0.1, 0.15) is 25.2 Å². The van der Waals surface area contributed by atoms with E-state index < -0.39 is 11.9 Å². The summed E-state index contributed by atoms with van der Waals surface area (Å²) >= 11 is 0. The van der Waals surface area contributed by atoms with E-state index in [9.17, 15) is 9.18 Å². The number of halogens is 1. The van der Waals surface area contributed by atoms with Gasteiger partial charge in [-0.05, 0) is 38.1 Å². The van der Waals surface area contributed by atoms with E-state index in [1.807, 2.05) is 0 Å². The van der Waals surface area contributed by atoms with Crippen LogP contribution in [0.4, 0.5) is 9.18 Å². The van der Waals surface area contributed by atoms with Gasteiger partial charge >= 0.3 is 12.0 Å². The average Bonchev–Trinajstić information content (AvgIpc) is 3.19. The molecule has 0 aliphatic rings. The van der Waals surface area contributed by atoms with E-state index in [1.54, 1.807) is 20.8 Å². The highest BCUT2D eigenvalue weighted by molar-refractivity contribution is 5.69. The highest BCUT2D eigenvalue weighted by Crippen LogP contribution is 2.26. The predicted octanol–water partition coefficient (Wildman–Crippen LogP) is 3.25. The van der Waals surface area contributed by atoms with Gasteiger partial charge in [-0.1, -0.05) is 5.16 Å². The first-order chi connectivity index (χ1) is 12.9. The van der Waals surface area contributed by atoms with Crippen molar-refractivity contribution in [2.24, 2.45) is 0 Å². The molecule has 142 valence electrons. The molecule has 3 heterocycles. The molecular weight excluding hydrogens is 359 g/mol. The Balaban J connectivity index is 1.67. The maximum atomic E-state index is 13.1. The fraction of sp³-hybridized carbons (Fsp3) is 0.294. The van der Waals surface area contributed by atoms with Gasteiger partial charge < -0.3 is 23.8 Å². The topological polar surface area (TPSA) is 113 Å². The summed E-state index contributed by atoms with van der Waals surface area (Å²) in [5.41, 5.74) is 1.50. The van der Waals surface area contributed by atoms with Crippen LogP contribution in [0.2, 0.25) is 0 Å². The van der Waals surface area contributed by atoms with E-state index in [4.69, 9.17) is 18.5 Å². The second-order valence-electron chi connectivity index (χ2n) is 5.89. The summed E-state index contributed by atoms with van der Waals surface area (Å²) in [6.45, 7) is 5.36.